The van der Waals surface area contributed by atoms with Gasteiger partial charge in [0.05, 0.1) is 25.0 Å². The molecule has 0 bridgehead atoms. The van der Waals surface area contributed by atoms with Crippen molar-refractivity contribution >= 4 is 5.78 Å². The fourth-order valence-corrected chi connectivity index (χ4v) is 1.61. The number of carbonyl (C=O) groups excluding carboxylic acids is 1. The van der Waals surface area contributed by atoms with Crippen molar-refractivity contribution in [2.45, 2.75) is 13.3 Å². The van der Waals surface area contributed by atoms with Crippen LogP contribution in [-0.2, 0) is 4.74 Å². The molecule has 0 heterocycles. The summed E-state index contributed by atoms with van der Waals surface area (Å²) in [6.45, 7) is 1.44. The van der Waals surface area contributed by atoms with Gasteiger partial charge in [0.2, 0.25) is 0 Å². The first-order valence-electron chi connectivity index (χ1n) is 6.14. The van der Waals surface area contributed by atoms with Crippen LogP contribution < -0.4 is 0 Å². The van der Waals surface area contributed by atoms with Crippen LogP contribution in [-0.4, -0.2) is 34.8 Å². The van der Waals surface area contributed by atoms with Gasteiger partial charge in [0, 0.05) is 18.1 Å². The monoisotopic (exact) mass is 278 g/mol. The Morgan fingerprint density at radius 2 is 2.00 bits per heavy atom. The lowest BCUT2D eigenvalue weighted by Gasteiger charge is -2.06. The highest BCUT2D eigenvalue weighted by atomic mass is 16.5. The Balaban J connectivity index is 3.09. The van der Waals surface area contributed by atoms with Gasteiger partial charge in [-0.15, -0.1) is 0 Å². The SMILES string of the molecule is CC/C(=C\C=C(/CO)C(=O)c1ccc(O)cc1O)OC. The molecule has 0 fully saturated rings. The molecule has 5 heteroatoms. The predicted molar refractivity (Wildman–Crippen MR) is 74.7 cm³/mol. The van der Waals surface area contributed by atoms with E-state index in [1.165, 1.54) is 25.3 Å². The van der Waals surface area contributed by atoms with Crippen molar-refractivity contribution in [3.05, 3.63) is 47.2 Å². The molecule has 1 aromatic carbocycles. The second-order valence-electron chi connectivity index (χ2n) is 4.07. The molecule has 0 aromatic heterocycles. The maximum Gasteiger partial charge on any atom is 0.195 e. The molecule has 0 saturated carbocycles. The van der Waals surface area contributed by atoms with E-state index in [9.17, 15) is 20.1 Å². The van der Waals surface area contributed by atoms with Crippen LogP contribution in [0.3, 0.4) is 0 Å². The van der Waals surface area contributed by atoms with Gasteiger partial charge < -0.3 is 20.1 Å². The molecule has 1 aromatic rings. The fraction of sp³-hybridized carbons (Fsp3) is 0.267. The number of aromatic hydroxyl groups is 2. The Morgan fingerprint density at radius 1 is 1.30 bits per heavy atom. The standard InChI is InChI=1S/C15H18O5/c1-3-12(20-2)6-4-10(9-16)15(19)13-7-5-11(17)8-14(13)18/h4-8,16-18H,3,9H2,1-2H3/b10-4+,12-6+. The maximum absolute atomic E-state index is 12.2. The van der Waals surface area contributed by atoms with E-state index in [0.717, 1.165) is 6.07 Å². The number of ether oxygens (including phenoxy) is 1. The Hall–Kier alpha value is -2.27. The lowest BCUT2D eigenvalue weighted by atomic mass is 10.0. The van der Waals surface area contributed by atoms with Crippen LogP contribution in [0, 0.1) is 0 Å². The zero-order valence-electron chi connectivity index (χ0n) is 11.5. The van der Waals surface area contributed by atoms with Crippen molar-refractivity contribution in [1.29, 1.82) is 0 Å². The number of benzene rings is 1. The van der Waals surface area contributed by atoms with Gasteiger partial charge in [-0.25, -0.2) is 0 Å². The van der Waals surface area contributed by atoms with E-state index in [0.29, 0.717) is 12.2 Å². The quantitative estimate of drug-likeness (QED) is 0.321. The summed E-state index contributed by atoms with van der Waals surface area (Å²) in [7, 11) is 1.52. The lowest BCUT2D eigenvalue weighted by Crippen LogP contribution is -2.07. The average molecular weight is 278 g/mol. The van der Waals surface area contributed by atoms with Crippen LogP contribution in [0.2, 0.25) is 0 Å². The van der Waals surface area contributed by atoms with E-state index in [2.05, 4.69) is 0 Å². The largest absolute Gasteiger partial charge is 0.508 e. The van der Waals surface area contributed by atoms with Crippen LogP contribution in [0.5, 0.6) is 11.5 Å². The first kappa shape index (κ1) is 15.8. The van der Waals surface area contributed by atoms with E-state index in [4.69, 9.17) is 4.74 Å². The third-order valence-electron chi connectivity index (χ3n) is 2.77. The number of hydrogen-bond donors (Lipinski definition) is 3. The highest BCUT2D eigenvalue weighted by molar-refractivity contribution is 6.10. The van der Waals surface area contributed by atoms with Gasteiger partial charge >= 0.3 is 0 Å². The molecule has 0 amide bonds. The van der Waals surface area contributed by atoms with Gasteiger partial charge in [0.25, 0.3) is 0 Å². The van der Waals surface area contributed by atoms with Gasteiger partial charge in [-0.2, -0.15) is 0 Å². The Labute approximate surface area is 117 Å². The summed E-state index contributed by atoms with van der Waals surface area (Å²) in [5.74, 6) is -0.312. The topological polar surface area (TPSA) is 87.0 Å². The normalized spacial score (nSPS) is 12.3. The summed E-state index contributed by atoms with van der Waals surface area (Å²) in [6.07, 6.45) is 3.71. The van der Waals surface area contributed by atoms with Crippen molar-refractivity contribution in [2.24, 2.45) is 0 Å². The number of aliphatic hydroxyl groups is 1. The lowest BCUT2D eigenvalue weighted by molar-refractivity contribution is 0.101. The Kier molecular flexibility index (Phi) is 5.80. The van der Waals surface area contributed by atoms with E-state index in [1.807, 2.05) is 6.92 Å². The van der Waals surface area contributed by atoms with Crippen LogP contribution in [0.4, 0.5) is 0 Å². The van der Waals surface area contributed by atoms with Crippen LogP contribution in [0.25, 0.3) is 0 Å². The number of phenols is 2. The van der Waals surface area contributed by atoms with Gasteiger partial charge in [0.1, 0.15) is 11.5 Å². The minimum atomic E-state index is -0.507. The van der Waals surface area contributed by atoms with Crippen molar-refractivity contribution < 1.29 is 24.9 Å². The first-order chi connectivity index (χ1) is 9.53. The van der Waals surface area contributed by atoms with Crippen molar-refractivity contribution in [1.82, 2.24) is 0 Å². The number of hydrogen-bond acceptors (Lipinski definition) is 5. The van der Waals surface area contributed by atoms with Gasteiger partial charge in [-0.05, 0) is 24.3 Å². The number of ketones is 1. The molecule has 0 aliphatic rings. The molecule has 0 atom stereocenters. The molecule has 0 spiro atoms. The number of carbonyl (C=O) groups is 1. The minimum Gasteiger partial charge on any atom is -0.508 e. The van der Waals surface area contributed by atoms with E-state index < -0.39 is 12.4 Å². The van der Waals surface area contributed by atoms with Crippen LogP contribution in [0.1, 0.15) is 23.7 Å². The van der Waals surface area contributed by atoms with Crippen LogP contribution in [0.15, 0.2) is 41.7 Å². The average Bonchev–Trinajstić information content (AvgIpc) is 2.43. The fourth-order valence-electron chi connectivity index (χ4n) is 1.61. The third-order valence-corrected chi connectivity index (χ3v) is 2.77. The molecule has 3 N–H and O–H groups in total. The number of phenolic OH excluding ortho intramolecular Hbond substituents is 2. The van der Waals surface area contributed by atoms with Gasteiger partial charge in [0.15, 0.2) is 5.78 Å². The molecule has 20 heavy (non-hydrogen) atoms. The number of Topliss-reactive ketones (excluding diaryl/α,β-unsaturated/α-hetero) is 1. The van der Waals surface area contributed by atoms with E-state index in [1.54, 1.807) is 6.08 Å². The smallest absolute Gasteiger partial charge is 0.195 e. The van der Waals surface area contributed by atoms with E-state index in [-0.39, 0.29) is 22.6 Å². The molecule has 0 unspecified atom stereocenters. The summed E-state index contributed by atoms with van der Waals surface area (Å²) in [6, 6.07) is 3.67. The molecule has 5 nitrogen and oxygen atoms in total. The third kappa shape index (κ3) is 3.86. The zero-order chi connectivity index (χ0) is 15.1. The molecule has 0 aliphatic heterocycles. The summed E-state index contributed by atoms with van der Waals surface area (Å²) in [5, 5.41) is 28.1. The minimum absolute atomic E-state index is 0.0203. The van der Waals surface area contributed by atoms with Crippen LogP contribution >= 0.6 is 0 Å². The van der Waals surface area contributed by atoms with Crippen molar-refractivity contribution in [3.63, 3.8) is 0 Å². The summed E-state index contributed by atoms with van der Waals surface area (Å²) in [4.78, 5) is 12.2. The second-order valence-corrected chi connectivity index (χ2v) is 4.07. The Morgan fingerprint density at radius 3 is 2.50 bits per heavy atom. The predicted octanol–water partition coefficient (Wildman–Crippen LogP) is 2.14. The van der Waals surface area contributed by atoms with Crippen molar-refractivity contribution in [2.75, 3.05) is 13.7 Å². The summed E-state index contributed by atoms with van der Waals surface area (Å²) in [5.41, 5.74) is 0.140. The molecule has 0 saturated heterocycles. The molecule has 0 aliphatic carbocycles. The molecule has 0 radical (unpaired) electrons. The number of methoxy groups -OCH3 is 1. The maximum atomic E-state index is 12.2. The molecular formula is C15H18O5. The highest BCUT2D eigenvalue weighted by Gasteiger charge is 2.15. The zero-order valence-corrected chi connectivity index (χ0v) is 11.5. The molecular weight excluding hydrogens is 260 g/mol. The van der Waals surface area contributed by atoms with Gasteiger partial charge in [-0.3, -0.25) is 4.79 Å². The van der Waals surface area contributed by atoms with E-state index >= 15 is 0 Å². The highest BCUT2D eigenvalue weighted by Crippen LogP contribution is 2.24. The Bertz CT molecular complexity index is 537. The molecule has 108 valence electrons. The molecule has 1 rings (SSSR count). The number of allylic oxidation sites excluding steroid dienone is 3. The second kappa shape index (κ2) is 7.35. The summed E-state index contributed by atoms with van der Waals surface area (Å²) >= 11 is 0. The van der Waals surface area contributed by atoms with Gasteiger partial charge in [-0.1, -0.05) is 6.92 Å². The van der Waals surface area contributed by atoms with Crippen molar-refractivity contribution in [3.8, 4) is 11.5 Å². The first-order valence-corrected chi connectivity index (χ1v) is 6.14. The summed E-state index contributed by atoms with van der Waals surface area (Å²) < 4.78 is 5.06. The number of rotatable bonds is 6. The number of aliphatic hydroxyl groups excluding tert-OH is 1.